The number of rotatable bonds is 29. The minimum Gasteiger partial charge on any atom is -0.466 e. The number of carbonyl (C=O) groups is 2. The highest BCUT2D eigenvalue weighted by molar-refractivity contribution is 5.69. The smallest absolute Gasteiger partial charge is 0.305 e. The summed E-state index contributed by atoms with van der Waals surface area (Å²) in [5, 5.41) is 0. The molecule has 4 nitrogen and oxygen atoms in total. The largest absolute Gasteiger partial charge is 0.466 e. The second-order valence-corrected chi connectivity index (χ2v) is 12.4. The molecule has 0 unspecified atom stereocenters. The van der Waals surface area contributed by atoms with Gasteiger partial charge in [0.2, 0.25) is 0 Å². The van der Waals surface area contributed by atoms with Crippen molar-refractivity contribution in [2.45, 2.75) is 182 Å². The highest BCUT2D eigenvalue weighted by Crippen LogP contribution is 2.14. The summed E-state index contributed by atoms with van der Waals surface area (Å²) < 4.78 is 10.8. The Labute approximate surface area is 237 Å². The lowest BCUT2D eigenvalue weighted by molar-refractivity contribution is -0.144. The van der Waals surface area contributed by atoms with Gasteiger partial charge in [0, 0.05) is 12.8 Å². The van der Waals surface area contributed by atoms with E-state index >= 15 is 0 Å². The molecule has 0 heterocycles. The lowest BCUT2D eigenvalue weighted by Gasteiger charge is -2.06. The molecule has 0 radical (unpaired) electrons. The summed E-state index contributed by atoms with van der Waals surface area (Å²) in [4.78, 5) is 23.7. The van der Waals surface area contributed by atoms with Crippen LogP contribution in [0.25, 0.3) is 0 Å². The maximum Gasteiger partial charge on any atom is 0.305 e. The Bertz CT molecular complexity index is 469. The first-order valence-corrected chi connectivity index (χ1v) is 16.7. The van der Waals surface area contributed by atoms with Gasteiger partial charge in [0.25, 0.3) is 0 Å². The Morgan fingerprint density at radius 1 is 0.395 bits per heavy atom. The normalized spacial score (nSPS) is 11.4. The summed E-state index contributed by atoms with van der Waals surface area (Å²) in [6.45, 7) is 10.3. The number of carbonyl (C=O) groups excluding carboxylic acids is 2. The minimum absolute atomic E-state index is 0.0388. The van der Waals surface area contributed by atoms with Crippen LogP contribution in [-0.2, 0) is 19.1 Å². The van der Waals surface area contributed by atoms with Crippen LogP contribution in [0.4, 0.5) is 0 Å². The zero-order valence-electron chi connectivity index (χ0n) is 26.2. The van der Waals surface area contributed by atoms with Crippen LogP contribution in [-0.4, -0.2) is 25.2 Å². The van der Waals surface area contributed by atoms with Crippen molar-refractivity contribution in [2.24, 2.45) is 11.8 Å². The van der Waals surface area contributed by atoms with E-state index in [-0.39, 0.29) is 11.9 Å². The first-order valence-electron chi connectivity index (χ1n) is 16.7. The van der Waals surface area contributed by atoms with Gasteiger partial charge in [-0.15, -0.1) is 0 Å². The molecule has 0 aromatic carbocycles. The van der Waals surface area contributed by atoms with Gasteiger partial charge in [-0.1, -0.05) is 143 Å². The van der Waals surface area contributed by atoms with E-state index in [1.807, 2.05) is 0 Å². The highest BCUT2D eigenvalue weighted by Gasteiger charge is 2.05. The fourth-order valence-electron chi connectivity index (χ4n) is 4.84. The quantitative estimate of drug-likeness (QED) is 0.0702. The fraction of sp³-hybridized carbons (Fsp3) is 0.941. The van der Waals surface area contributed by atoms with Gasteiger partial charge in [-0.2, -0.15) is 0 Å². The third-order valence-electron chi connectivity index (χ3n) is 7.39. The lowest BCUT2D eigenvalue weighted by Crippen LogP contribution is -2.06. The van der Waals surface area contributed by atoms with E-state index in [1.54, 1.807) is 0 Å². The monoisotopic (exact) mass is 538 g/mol. The molecule has 0 saturated heterocycles. The van der Waals surface area contributed by atoms with Crippen molar-refractivity contribution in [1.82, 2.24) is 0 Å². The molecule has 0 bridgehead atoms. The van der Waals surface area contributed by atoms with Crippen molar-refractivity contribution in [3.05, 3.63) is 0 Å². The third-order valence-corrected chi connectivity index (χ3v) is 7.39. The van der Waals surface area contributed by atoms with Gasteiger partial charge in [0.15, 0.2) is 0 Å². The minimum atomic E-state index is -0.0388. The molecule has 0 amide bonds. The molecule has 0 saturated carbocycles. The summed E-state index contributed by atoms with van der Waals surface area (Å²) >= 11 is 0. The summed E-state index contributed by atoms with van der Waals surface area (Å²) in [5.41, 5.74) is 0. The predicted molar refractivity (Wildman–Crippen MR) is 162 cm³/mol. The van der Waals surface area contributed by atoms with Gasteiger partial charge in [-0.05, 0) is 37.5 Å². The third kappa shape index (κ3) is 31.2. The zero-order chi connectivity index (χ0) is 28.1. The Kier molecular flexibility index (Phi) is 28.1. The number of hydrogen-bond acceptors (Lipinski definition) is 4. The van der Waals surface area contributed by atoms with Crippen LogP contribution in [0.1, 0.15) is 182 Å². The van der Waals surface area contributed by atoms with Crippen molar-refractivity contribution in [3.63, 3.8) is 0 Å². The predicted octanol–water partition coefficient (Wildman–Crippen LogP) is 10.7. The molecule has 226 valence electrons. The second-order valence-electron chi connectivity index (χ2n) is 12.4. The summed E-state index contributed by atoms with van der Waals surface area (Å²) in [7, 11) is 0. The molecule has 0 spiro atoms. The van der Waals surface area contributed by atoms with Crippen LogP contribution in [0.5, 0.6) is 0 Å². The number of ether oxygens (including phenoxy) is 2. The standard InChI is InChI=1S/C34H66O4/c1-31(2)25-19-13-7-5-11-17-23-29-37-33(35)27-21-15-9-10-16-22-28-34(36)38-30-24-18-12-6-8-14-20-26-32(3)4/h31-32H,5-30H2,1-4H3. The molecule has 4 heteroatoms. The highest BCUT2D eigenvalue weighted by atomic mass is 16.5. The van der Waals surface area contributed by atoms with Crippen molar-refractivity contribution in [1.29, 1.82) is 0 Å². The average molecular weight is 539 g/mol. The van der Waals surface area contributed by atoms with Crippen molar-refractivity contribution < 1.29 is 19.1 Å². The first kappa shape index (κ1) is 36.9. The number of hydrogen-bond donors (Lipinski definition) is 0. The molecule has 0 fully saturated rings. The molecule has 0 N–H and O–H groups in total. The van der Waals surface area contributed by atoms with Crippen LogP contribution in [0.2, 0.25) is 0 Å². The maximum absolute atomic E-state index is 11.9. The topological polar surface area (TPSA) is 52.6 Å². The Balaban J connectivity index is 3.27. The molecule has 0 aromatic rings. The maximum atomic E-state index is 11.9. The van der Waals surface area contributed by atoms with Gasteiger partial charge in [0.1, 0.15) is 0 Å². The van der Waals surface area contributed by atoms with E-state index in [0.29, 0.717) is 26.1 Å². The zero-order valence-corrected chi connectivity index (χ0v) is 26.2. The van der Waals surface area contributed by atoms with Gasteiger partial charge in [-0.25, -0.2) is 0 Å². The van der Waals surface area contributed by atoms with Crippen LogP contribution in [0.15, 0.2) is 0 Å². The van der Waals surface area contributed by atoms with E-state index in [4.69, 9.17) is 9.47 Å². The van der Waals surface area contributed by atoms with Crippen LogP contribution in [0.3, 0.4) is 0 Å². The average Bonchev–Trinajstić information content (AvgIpc) is 2.87. The Hall–Kier alpha value is -1.06. The summed E-state index contributed by atoms with van der Waals surface area (Å²) in [5.74, 6) is 1.58. The van der Waals surface area contributed by atoms with E-state index in [2.05, 4.69) is 27.7 Å². The first-order chi connectivity index (χ1) is 18.4. The molecule has 0 aliphatic heterocycles. The van der Waals surface area contributed by atoms with E-state index in [9.17, 15) is 9.59 Å². The van der Waals surface area contributed by atoms with Gasteiger partial charge < -0.3 is 9.47 Å². The molecular formula is C34H66O4. The molecule has 0 rings (SSSR count). The summed E-state index contributed by atoms with van der Waals surface area (Å²) in [6, 6.07) is 0. The molecule has 0 aliphatic rings. The fourth-order valence-corrected chi connectivity index (χ4v) is 4.84. The van der Waals surface area contributed by atoms with E-state index in [1.165, 1.54) is 89.9 Å². The van der Waals surface area contributed by atoms with Crippen molar-refractivity contribution in [2.75, 3.05) is 13.2 Å². The van der Waals surface area contributed by atoms with Gasteiger partial charge >= 0.3 is 11.9 Å². The summed E-state index contributed by atoms with van der Waals surface area (Å²) in [6.07, 6.45) is 27.6. The Morgan fingerprint density at radius 3 is 0.974 bits per heavy atom. The van der Waals surface area contributed by atoms with Crippen LogP contribution >= 0.6 is 0 Å². The molecule has 0 aromatic heterocycles. The molecule has 38 heavy (non-hydrogen) atoms. The molecular weight excluding hydrogens is 472 g/mol. The van der Waals surface area contributed by atoms with Crippen molar-refractivity contribution in [3.8, 4) is 0 Å². The van der Waals surface area contributed by atoms with E-state index < -0.39 is 0 Å². The second kappa shape index (κ2) is 28.9. The molecule has 0 aliphatic carbocycles. The SMILES string of the molecule is CC(C)CCCCCCCCCOC(=O)CCCCCCCCC(=O)OCCCCCCCCCC(C)C. The van der Waals surface area contributed by atoms with Gasteiger partial charge in [0.05, 0.1) is 13.2 Å². The van der Waals surface area contributed by atoms with Gasteiger partial charge in [-0.3, -0.25) is 9.59 Å². The van der Waals surface area contributed by atoms with Crippen LogP contribution in [0, 0.1) is 11.8 Å². The molecule has 0 atom stereocenters. The Morgan fingerprint density at radius 2 is 0.658 bits per heavy atom. The van der Waals surface area contributed by atoms with Crippen LogP contribution < -0.4 is 0 Å². The number of esters is 2. The van der Waals surface area contributed by atoms with E-state index in [0.717, 1.165) is 63.2 Å². The number of unbranched alkanes of at least 4 members (excludes halogenated alkanes) is 17. The van der Waals surface area contributed by atoms with Crippen molar-refractivity contribution >= 4 is 11.9 Å². The lowest BCUT2D eigenvalue weighted by atomic mass is 10.0.